The van der Waals surface area contributed by atoms with Crippen LogP contribution in [0.15, 0.2) is 59.6 Å². The highest BCUT2D eigenvalue weighted by molar-refractivity contribution is 6.30. The van der Waals surface area contributed by atoms with E-state index in [0.717, 1.165) is 11.3 Å². The molecule has 0 saturated carbocycles. The lowest BCUT2D eigenvalue weighted by Crippen LogP contribution is -2.45. The molecule has 3 rings (SSSR count). The second-order valence-corrected chi connectivity index (χ2v) is 5.50. The van der Waals surface area contributed by atoms with Gasteiger partial charge in [0.25, 0.3) is 0 Å². The van der Waals surface area contributed by atoms with Gasteiger partial charge >= 0.3 is 0 Å². The summed E-state index contributed by atoms with van der Waals surface area (Å²) in [5, 5.41) is 15.6. The van der Waals surface area contributed by atoms with Gasteiger partial charge < -0.3 is 5.32 Å². The van der Waals surface area contributed by atoms with Crippen LogP contribution in [0.3, 0.4) is 0 Å². The van der Waals surface area contributed by atoms with Crippen LogP contribution in [0.5, 0.6) is 0 Å². The first-order valence-electron chi connectivity index (χ1n) is 7.03. The topological polar surface area (TPSA) is 77.3 Å². The Kier molecular flexibility index (Phi) is 4.26. The maximum atomic E-state index is 12.2. The van der Waals surface area contributed by atoms with Crippen LogP contribution >= 0.6 is 11.6 Å². The van der Waals surface area contributed by atoms with Crippen molar-refractivity contribution in [3.63, 3.8) is 0 Å². The number of carbonyl (C=O) groups is 1. The van der Waals surface area contributed by atoms with E-state index in [9.17, 15) is 10.1 Å². The number of amides is 1. The van der Waals surface area contributed by atoms with Gasteiger partial charge in [0.1, 0.15) is 6.04 Å². The highest BCUT2D eigenvalue weighted by atomic mass is 35.5. The van der Waals surface area contributed by atoms with Crippen molar-refractivity contribution in [1.82, 2.24) is 5.32 Å². The summed E-state index contributed by atoms with van der Waals surface area (Å²) in [6.07, 6.45) is 0. The molecule has 0 spiro atoms. The summed E-state index contributed by atoms with van der Waals surface area (Å²) in [6.45, 7) is 0. The van der Waals surface area contributed by atoms with E-state index in [4.69, 9.17) is 11.6 Å². The molecule has 0 radical (unpaired) electrons. The number of rotatable bonds is 2. The molecule has 2 aromatic rings. The molecule has 1 aliphatic rings. The number of halogens is 1. The zero-order valence-electron chi connectivity index (χ0n) is 12.0. The molecule has 2 aromatic carbocycles. The maximum Gasteiger partial charge on any atom is 0.246 e. The van der Waals surface area contributed by atoms with Crippen molar-refractivity contribution >= 4 is 29.2 Å². The van der Waals surface area contributed by atoms with Crippen molar-refractivity contribution in [2.75, 3.05) is 5.32 Å². The van der Waals surface area contributed by atoms with Gasteiger partial charge in [0, 0.05) is 10.7 Å². The van der Waals surface area contributed by atoms with E-state index < -0.39 is 12.0 Å². The molecule has 0 saturated heterocycles. The largest absolute Gasteiger partial charge is 0.326 e. The first kappa shape index (κ1) is 15.1. The summed E-state index contributed by atoms with van der Waals surface area (Å²) in [5.41, 5.74) is 1.57. The summed E-state index contributed by atoms with van der Waals surface area (Å²) < 4.78 is 0. The van der Waals surface area contributed by atoms with Crippen molar-refractivity contribution in [2.45, 2.75) is 6.04 Å². The molecule has 2 unspecified atom stereocenters. The minimum atomic E-state index is -0.854. The van der Waals surface area contributed by atoms with Crippen LogP contribution in [0.2, 0.25) is 5.02 Å². The number of hydrogen-bond acceptors (Lipinski definition) is 4. The minimum absolute atomic E-state index is 0.317. The van der Waals surface area contributed by atoms with Gasteiger partial charge in [-0.1, -0.05) is 41.9 Å². The Labute approximate surface area is 138 Å². The van der Waals surface area contributed by atoms with Gasteiger partial charge in [0.2, 0.25) is 11.9 Å². The quantitative estimate of drug-likeness (QED) is 0.891. The molecule has 114 valence electrons. The number of nitriles is 1. The second-order valence-electron chi connectivity index (χ2n) is 5.06. The number of carbonyl (C=O) groups excluding carboxylic acids is 1. The smallest absolute Gasteiger partial charge is 0.246 e. The molecule has 23 heavy (non-hydrogen) atoms. The third-order valence-electron chi connectivity index (χ3n) is 3.50. The van der Waals surface area contributed by atoms with Crippen LogP contribution in [0.4, 0.5) is 5.69 Å². The van der Waals surface area contributed by atoms with E-state index in [2.05, 4.69) is 15.6 Å². The summed E-state index contributed by atoms with van der Waals surface area (Å²) in [6, 6.07) is 17.8. The van der Waals surface area contributed by atoms with Crippen molar-refractivity contribution < 1.29 is 4.79 Å². The fourth-order valence-electron chi connectivity index (χ4n) is 2.36. The number of anilines is 1. The van der Waals surface area contributed by atoms with E-state index >= 15 is 0 Å². The zero-order valence-corrected chi connectivity index (χ0v) is 12.8. The van der Waals surface area contributed by atoms with Crippen LogP contribution in [0, 0.1) is 17.2 Å². The Bertz CT molecular complexity index is 780. The van der Waals surface area contributed by atoms with E-state index in [1.54, 1.807) is 24.3 Å². The maximum absolute atomic E-state index is 12.2. The lowest BCUT2D eigenvalue weighted by molar-refractivity contribution is -0.122. The van der Waals surface area contributed by atoms with Gasteiger partial charge in [0.05, 0.1) is 6.07 Å². The van der Waals surface area contributed by atoms with Crippen LogP contribution < -0.4 is 10.6 Å². The van der Waals surface area contributed by atoms with Crippen molar-refractivity contribution in [3.05, 3.63) is 65.2 Å². The molecule has 5 nitrogen and oxygen atoms in total. The Morgan fingerprint density at radius 2 is 1.83 bits per heavy atom. The van der Waals surface area contributed by atoms with Crippen LogP contribution in [0.25, 0.3) is 0 Å². The molecule has 1 amide bonds. The average molecular weight is 325 g/mol. The van der Waals surface area contributed by atoms with Crippen molar-refractivity contribution in [1.29, 1.82) is 5.26 Å². The Hall–Kier alpha value is -2.84. The number of hydrogen-bond donors (Lipinski definition) is 2. The lowest BCUT2D eigenvalue weighted by Gasteiger charge is -2.25. The van der Waals surface area contributed by atoms with Gasteiger partial charge in [-0.2, -0.15) is 5.26 Å². The highest BCUT2D eigenvalue weighted by Gasteiger charge is 2.34. The molecule has 0 aliphatic carbocycles. The molecular formula is C17H13ClN4O. The predicted octanol–water partition coefficient (Wildman–Crippen LogP) is 3.12. The van der Waals surface area contributed by atoms with Gasteiger partial charge in [-0.25, -0.2) is 4.99 Å². The van der Waals surface area contributed by atoms with Gasteiger partial charge in [0.15, 0.2) is 5.92 Å². The zero-order chi connectivity index (χ0) is 16.2. The molecule has 0 aromatic heterocycles. The summed E-state index contributed by atoms with van der Waals surface area (Å²) in [5.74, 6) is -0.904. The van der Waals surface area contributed by atoms with E-state index in [-0.39, 0.29) is 5.91 Å². The van der Waals surface area contributed by atoms with E-state index in [1.807, 2.05) is 36.4 Å². The third kappa shape index (κ3) is 3.33. The minimum Gasteiger partial charge on any atom is -0.326 e. The van der Waals surface area contributed by atoms with Crippen LogP contribution in [0.1, 0.15) is 11.6 Å². The SMILES string of the molecule is N#CC1C(=O)NC(Nc2ccc(Cl)cc2)=NC1c1ccccc1. The summed E-state index contributed by atoms with van der Waals surface area (Å²) in [7, 11) is 0. The van der Waals surface area contributed by atoms with Crippen molar-refractivity contribution in [3.8, 4) is 6.07 Å². The fourth-order valence-corrected chi connectivity index (χ4v) is 2.49. The second kappa shape index (κ2) is 6.51. The number of guanidine groups is 1. The van der Waals surface area contributed by atoms with Crippen LogP contribution in [-0.2, 0) is 4.79 Å². The predicted molar refractivity (Wildman–Crippen MR) is 88.9 cm³/mol. The molecule has 1 aliphatic heterocycles. The summed E-state index contributed by atoms with van der Waals surface area (Å²) in [4.78, 5) is 16.7. The molecule has 0 fully saturated rings. The van der Waals surface area contributed by atoms with Gasteiger partial charge in [-0.05, 0) is 29.8 Å². The Morgan fingerprint density at radius 3 is 2.48 bits per heavy atom. The van der Waals surface area contributed by atoms with Crippen molar-refractivity contribution in [2.24, 2.45) is 10.9 Å². The standard InChI is InChI=1S/C17H13ClN4O/c18-12-6-8-13(9-7-12)20-17-21-15(11-4-2-1-3-5-11)14(10-19)16(23)22-17/h1-9,14-15H,(H2,20,21,22,23). The summed E-state index contributed by atoms with van der Waals surface area (Å²) >= 11 is 5.85. The Balaban J connectivity index is 1.91. The normalized spacial score (nSPS) is 20.2. The molecule has 2 atom stereocenters. The number of nitrogens with one attached hydrogen (secondary N) is 2. The fraction of sp³-hybridized carbons (Fsp3) is 0.118. The average Bonchev–Trinajstić information content (AvgIpc) is 2.57. The number of nitrogens with zero attached hydrogens (tertiary/aromatic N) is 2. The molecule has 2 N–H and O–H groups in total. The highest BCUT2D eigenvalue weighted by Crippen LogP contribution is 2.28. The molecular weight excluding hydrogens is 312 g/mol. The van der Waals surface area contributed by atoms with E-state index in [0.29, 0.717) is 11.0 Å². The van der Waals surface area contributed by atoms with Crippen LogP contribution in [-0.4, -0.2) is 11.9 Å². The first-order chi connectivity index (χ1) is 11.2. The van der Waals surface area contributed by atoms with E-state index in [1.165, 1.54) is 0 Å². The van der Waals surface area contributed by atoms with Gasteiger partial charge in [-0.3, -0.25) is 10.1 Å². The monoisotopic (exact) mass is 324 g/mol. The molecule has 1 heterocycles. The lowest BCUT2D eigenvalue weighted by atomic mass is 9.93. The number of aliphatic imine (C=N–C) groups is 1. The Morgan fingerprint density at radius 1 is 1.13 bits per heavy atom. The van der Waals surface area contributed by atoms with Gasteiger partial charge in [-0.15, -0.1) is 0 Å². The first-order valence-corrected chi connectivity index (χ1v) is 7.41. The third-order valence-corrected chi connectivity index (χ3v) is 3.75. The molecule has 6 heteroatoms. The molecule has 0 bridgehead atoms. The number of benzene rings is 2.